The van der Waals surface area contributed by atoms with E-state index in [0.717, 1.165) is 18.4 Å². The Morgan fingerprint density at radius 1 is 1.53 bits per heavy atom. The van der Waals surface area contributed by atoms with Crippen LogP contribution in [0.5, 0.6) is 0 Å². The standard InChI is InChI=1S/C13H14N2O3S/c16-7-13(3-4-13)6-14-11(17)8-1-2-9-10(5-8)18-12(19)15-9/h1-2,5,16H,3-4,6-7H2,(H,14,17)(H,15,19). The van der Waals surface area contributed by atoms with Gasteiger partial charge in [-0.2, -0.15) is 0 Å². The molecule has 2 aromatic rings. The number of aromatic amines is 1. The number of hydrogen-bond donors (Lipinski definition) is 3. The van der Waals surface area contributed by atoms with Gasteiger partial charge in [0, 0.05) is 17.5 Å². The molecule has 0 unspecified atom stereocenters. The van der Waals surface area contributed by atoms with Gasteiger partial charge in [0.15, 0.2) is 5.58 Å². The zero-order chi connectivity index (χ0) is 13.5. The predicted molar refractivity (Wildman–Crippen MR) is 72.5 cm³/mol. The second-order valence-corrected chi connectivity index (χ2v) is 5.44. The van der Waals surface area contributed by atoms with Crippen molar-refractivity contribution in [2.75, 3.05) is 13.2 Å². The van der Waals surface area contributed by atoms with Crippen molar-refractivity contribution >= 4 is 29.2 Å². The number of fused-ring (bicyclic) bond motifs is 1. The predicted octanol–water partition coefficient (Wildman–Crippen LogP) is 1.99. The summed E-state index contributed by atoms with van der Waals surface area (Å²) in [6.07, 6.45) is 1.94. The van der Waals surface area contributed by atoms with Crippen LogP contribution in [-0.2, 0) is 0 Å². The SMILES string of the molecule is O=C(NCC1(CO)CC1)c1ccc2[nH]c(=S)oc2c1. The average molecular weight is 278 g/mol. The highest BCUT2D eigenvalue weighted by Crippen LogP contribution is 2.44. The quantitative estimate of drug-likeness (QED) is 0.747. The summed E-state index contributed by atoms with van der Waals surface area (Å²) in [7, 11) is 0. The normalized spacial score (nSPS) is 16.5. The fraction of sp³-hybridized carbons (Fsp3) is 0.385. The Morgan fingerprint density at radius 3 is 3.00 bits per heavy atom. The maximum atomic E-state index is 12.0. The van der Waals surface area contributed by atoms with Gasteiger partial charge in [0.25, 0.3) is 10.7 Å². The average Bonchev–Trinajstić information content (AvgIpc) is 3.10. The number of nitrogens with one attached hydrogen (secondary N) is 2. The fourth-order valence-corrected chi connectivity index (χ4v) is 2.22. The van der Waals surface area contributed by atoms with Crippen LogP contribution in [0.4, 0.5) is 0 Å². The van der Waals surface area contributed by atoms with E-state index in [1.165, 1.54) is 0 Å². The van der Waals surface area contributed by atoms with Gasteiger partial charge in [-0.25, -0.2) is 0 Å². The van der Waals surface area contributed by atoms with Crippen LogP contribution in [0.25, 0.3) is 11.1 Å². The van der Waals surface area contributed by atoms with E-state index >= 15 is 0 Å². The van der Waals surface area contributed by atoms with Crippen LogP contribution >= 0.6 is 12.2 Å². The van der Waals surface area contributed by atoms with E-state index in [-0.39, 0.29) is 17.9 Å². The topological polar surface area (TPSA) is 78.3 Å². The first-order chi connectivity index (χ1) is 9.12. The molecule has 1 saturated carbocycles. The molecule has 1 amide bonds. The lowest BCUT2D eigenvalue weighted by molar-refractivity contribution is 0.0935. The highest BCUT2D eigenvalue weighted by molar-refractivity contribution is 7.71. The molecule has 1 fully saturated rings. The Morgan fingerprint density at radius 2 is 2.32 bits per heavy atom. The van der Waals surface area contributed by atoms with Crippen molar-refractivity contribution in [2.24, 2.45) is 5.41 Å². The van der Waals surface area contributed by atoms with Crippen LogP contribution in [0, 0.1) is 10.3 Å². The van der Waals surface area contributed by atoms with Crippen molar-refractivity contribution in [1.82, 2.24) is 10.3 Å². The second-order valence-electron chi connectivity index (χ2n) is 5.07. The first kappa shape index (κ1) is 12.4. The first-order valence-corrected chi connectivity index (χ1v) is 6.55. The number of amides is 1. The van der Waals surface area contributed by atoms with E-state index < -0.39 is 0 Å². The van der Waals surface area contributed by atoms with E-state index in [1.54, 1.807) is 18.2 Å². The first-order valence-electron chi connectivity index (χ1n) is 6.14. The highest BCUT2D eigenvalue weighted by Gasteiger charge is 2.42. The van der Waals surface area contributed by atoms with Crippen molar-refractivity contribution in [3.05, 3.63) is 28.6 Å². The van der Waals surface area contributed by atoms with E-state index in [2.05, 4.69) is 10.3 Å². The number of hydrogen-bond acceptors (Lipinski definition) is 4. The van der Waals surface area contributed by atoms with Crippen molar-refractivity contribution in [1.29, 1.82) is 0 Å². The van der Waals surface area contributed by atoms with E-state index in [0.29, 0.717) is 22.5 Å². The molecular weight excluding hydrogens is 264 g/mol. The summed E-state index contributed by atoms with van der Waals surface area (Å²) in [6, 6.07) is 5.15. The Labute approximate surface area is 114 Å². The van der Waals surface area contributed by atoms with Gasteiger partial charge in [-0.3, -0.25) is 4.79 Å². The summed E-state index contributed by atoms with van der Waals surface area (Å²) in [6.45, 7) is 0.635. The molecule has 3 rings (SSSR count). The number of carbonyl (C=O) groups excluding carboxylic acids is 1. The molecule has 0 saturated heterocycles. The van der Waals surface area contributed by atoms with Crippen molar-refractivity contribution < 1.29 is 14.3 Å². The largest absolute Gasteiger partial charge is 0.429 e. The van der Waals surface area contributed by atoms with Crippen LogP contribution in [0.1, 0.15) is 23.2 Å². The number of benzene rings is 1. The summed E-state index contributed by atoms with van der Waals surface area (Å²) in [5, 5.41) is 12.0. The molecular formula is C13H14N2O3S. The molecule has 6 heteroatoms. The zero-order valence-electron chi connectivity index (χ0n) is 10.2. The maximum Gasteiger partial charge on any atom is 0.266 e. The smallest absolute Gasteiger partial charge is 0.266 e. The third-order valence-corrected chi connectivity index (χ3v) is 3.79. The van der Waals surface area contributed by atoms with Crippen LogP contribution in [0.15, 0.2) is 22.6 Å². The number of aliphatic hydroxyl groups excluding tert-OH is 1. The van der Waals surface area contributed by atoms with Crippen LogP contribution in [0.3, 0.4) is 0 Å². The molecule has 1 aromatic carbocycles. The Kier molecular flexibility index (Phi) is 2.91. The molecule has 0 aliphatic heterocycles. The lowest BCUT2D eigenvalue weighted by Gasteiger charge is -2.12. The number of oxazole rings is 1. The number of carbonyl (C=O) groups is 1. The van der Waals surface area contributed by atoms with Crippen LogP contribution < -0.4 is 5.32 Å². The van der Waals surface area contributed by atoms with Gasteiger partial charge in [-0.1, -0.05) is 0 Å². The summed E-state index contributed by atoms with van der Waals surface area (Å²) < 4.78 is 5.28. The maximum absolute atomic E-state index is 12.0. The molecule has 5 nitrogen and oxygen atoms in total. The van der Waals surface area contributed by atoms with E-state index in [9.17, 15) is 9.90 Å². The van der Waals surface area contributed by atoms with Gasteiger partial charge in [0.1, 0.15) is 0 Å². The molecule has 0 atom stereocenters. The summed E-state index contributed by atoms with van der Waals surface area (Å²) >= 11 is 4.90. The van der Waals surface area contributed by atoms with Gasteiger partial charge in [-0.05, 0) is 43.3 Å². The zero-order valence-corrected chi connectivity index (χ0v) is 11.0. The molecule has 1 aliphatic carbocycles. The Hall–Kier alpha value is -1.66. The Balaban J connectivity index is 1.75. The third kappa shape index (κ3) is 2.41. The third-order valence-electron chi connectivity index (χ3n) is 3.60. The van der Waals surface area contributed by atoms with Gasteiger partial charge in [0.2, 0.25) is 0 Å². The number of aliphatic hydroxyl groups is 1. The lowest BCUT2D eigenvalue weighted by Crippen LogP contribution is -2.31. The van der Waals surface area contributed by atoms with Gasteiger partial charge in [0.05, 0.1) is 12.1 Å². The van der Waals surface area contributed by atoms with Crippen molar-refractivity contribution in [3.8, 4) is 0 Å². The summed E-state index contributed by atoms with van der Waals surface area (Å²) in [5.41, 5.74) is 1.78. The summed E-state index contributed by atoms with van der Waals surface area (Å²) in [5.74, 6) is -0.163. The highest BCUT2D eigenvalue weighted by atomic mass is 32.1. The monoisotopic (exact) mass is 278 g/mol. The minimum absolute atomic E-state index is 0.0913. The molecule has 0 bridgehead atoms. The molecule has 0 radical (unpaired) electrons. The molecule has 100 valence electrons. The van der Waals surface area contributed by atoms with Crippen molar-refractivity contribution in [2.45, 2.75) is 12.8 Å². The summed E-state index contributed by atoms with van der Waals surface area (Å²) in [4.78, 5) is 15.2. The van der Waals surface area contributed by atoms with Gasteiger partial charge >= 0.3 is 0 Å². The molecule has 1 aliphatic rings. The molecule has 1 aromatic heterocycles. The van der Waals surface area contributed by atoms with Gasteiger partial charge < -0.3 is 19.8 Å². The van der Waals surface area contributed by atoms with E-state index in [4.69, 9.17) is 16.6 Å². The minimum atomic E-state index is -0.163. The fourth-order valence-electron chi connectivity index (χ4n) is 2.02. The Bertz CT molecular complexity index is 684. The van der Waals surface area contributed by atoms with Crippen LogP contribution in [0.2, 0.25) is 0 Å². The molecule has 3 N–H and O–H groups in total. The molecule has 19 heavy (non-hydrogen) atoms. The number of H-pyrrole nitrogens is 1. The van der Waals surface area contributed by atoms with Gasteiger partial charge in [-0.15, -0.1) is 0 Å². The van der Waals surface area contributed by atoms with Crippen molar-refractivity contribution in [3.63, 3.8) is 0 Å². The minimum Gasteiger partial charge on any atom is -0.429 e. The molecule has 1 heterocycles. The molecule has 0 spiro atoms. The lowest BCUT2D eigenvalue weighted by atomic mass is 10.1. The number of aromatic nitrogens is 1. The number of rotatable bonds is 4. The van der Waals surface area contributed by atoms with Crippen LogP contribution in [-0.4, -0.2) is 29.1 Å². The van der Waals surface area contributed by atoms with E-state index in [1.807, 2.05) is 0 Å². The second kappa shape index (κ2) is 4.47.